The van der Waals surface area contributed by atoms with Crippen LogP contribution in [0, 0.1) is 5.92 Å². The van der Waals surface area contributed by atoms with E-state index in [0.29, 0.717) is 16.8 Å². The summed E-state index contributed by atoms with van der Waals surface area (Å²) in [5.41, 5.74) is 0. The Bertz CT molecular complexity index is 380. The van der Waals surface area contributed by atoms with Crippen molar-refractivity contribution in [2.45, 2.75) is 18.9 Å². The maximum atomic E-state index is 5.79. The molecular weight excluding hydrogens is 272 g/mol. The first-order chi connectivity index (χ1) is 7.74. The van der Waals surface area contributed by atoms with Gasteiger partial charge in [0.15, 0.2) is 0 Å². The van der Waals surface area contributed by atoms with Crippen molar-refractivity contribution >= 4 is 21.9 Å². The topological polar surface area (TPSA) is 43.2 Å². The fourth-order valence-corrected chi connectivity index (χ4v) is 3.07. The number of halogens is 1. The zero-order chi connectivity index (χ0) is 11.1. The quantitative estimate of drug-likeness (QED) is 0.778. The van der Waals surface area contributed by atoms with Crippen molar-refractivity contribution in [1.29, 1.82) is 0 Å². The van der Waals surface area contributed by atoms with Gasteiger partial charge in [0, 0.05) is 32.7 Å². The molecule has 0 aliphatic carbocycles. The molecule has 0 saturated carbocycles. The van der Waals surface area contributed by atoms with Gasteiger partial charge in [-0.1, -0.05) is 0 Å². The molecule has 0 unspecified atom stereocenters. The van der Waals surface area contributed by atoms with E-state index in [0.717, 1.165) is 25.6 Å². The molecule has 0 radical (unpaired) electrons. The Hall–Kier alpha value is -0.620. The number of aromatic nitrogens is 3. The number of ether oxygens (including phenoxy) is 1. The summed E-state index contributed by atoms with van der Waals surface area (Å²) in [5.74, 6) is 1.61. The van der Waals surface area contributed by atoms with Crippen molar-refractivity contribution < 1.29 is 4.74 Å². The van der Waals surface area contributed by atoms with Crippen LogP contribution in [0.5, 0.6) is 0 Å². The van der Waals surface area contributed by atoms with Gasteiger partial charge < -0.3 is 9.64 Å². The Morgan fingerprint density at radius 3 is 3.00 bits per heavy atom. The Kier molecular flexibility index (Phi) is 2.63. The molecule has 6 heteroatoms. The van der Waals surface area contributed by atoms with Gasteiger partial charge in [0.1, 0.15) is 0 Å². The second-order valence-corrected chi connectivity index (χ2v) is 5.23. The number of fused-ring (bicyclic) bond motifs is 1. The molecule has 0 amide bonds. The second-order valence-electron chi connectivity index (χ2n) is 4.52. The molecule has 0 N–H and O–H groups in total. The van der Waals surface area contributed by atoms with Crippen molar-refractivity contribution in [2.75, 3.05) is 24.6 Å². The van der Waals surface area contributed by atoms with Gasteiger partial charge in [-0.05, 0) is 28.8 Å². The molecule has 2 fully saturated rings. The van der Waals surface area contributed by atoms with E-state index < -0.39 is 0 Å². The molecule has 88 valence electrons. The minimum absolute atomic E-state index is 0.393. The summed E-state index contributed by atoms with van der Waals surface area (Å²) in [6, 6.07) is 0. The first-order valence-electron chi connectivity index (χ1n) is 5.67. The van der Waals surface area contributed by atoms with Crippen LogP contribution in [0.15, 0.2) is 4.73 Å². The fourth-order valence-electron chi connectivity index (χ4n) is 2.67. The summed E-state index contributed by atoms with van der Waals surface area (Å²) in [7, 11) is 1.93. The molecule has 2 saturated heterocycles. The summed E-state index contributed by atoms with van der Waals surface area (Å²) < 4.78 is 8.26. The predicted molar refractivity (Wildman–Crippen MR) is 63.4 cm³/mol. The van der Waals surface area contributed by atoms with Crippen LogP contribution in [0.1, 0.15) is 12.8 Å². The maximum Gasteiger partial charge on any atom is 0.224 e. The molecule has 1 aromatic rings. The van der Waals surface area contributed by atoms with Crippen molar-refractivity contribution in [3.8, 4) is 0 Å². The predicted octanol–water partition coefficient (Wildman–Crippen LogP) is 1.19. The van der Waals surface area contributed by atoms with E-state index in [1.54, 1.807) is 0 Å². The summed E-state index contributed by atoms with van der Waals surface area (Å²) in [5, 5.41) is 4.21. The molecular formula is C10H15BrN4O. The van der Waals surface area contributed by atoms with Crippen molar-refractivity contribution in [1.82, 2.24) is 14.8 Å². The molecule has 2 aliphatic heterocycles. The van der Waals surface area contributed by atoms with E-state index in [4.69, 9.17) is 4.74 Å². The number of anilines is 1. The van der Waals surface area contributed by atoms with Crippen molar-refractivity contribution in [2.24, 2.45) is 13.0 Å². The van der Waals surface area contributed by atoms with Crippen LogP contribution >= 0.6 is 15.9 Å². The summed E-state index contributed by atoms with van der Waals surface area (Å²) in [6.45, 7) is 2.91. The molecule has 3 rings (SSSR count). The molecule has 2 aliphatic rings. The monoisotopic (exact) mass is 286 g/mol. The van der Waals surface area contributed by atoms with E-state index in [-0.39, 0.29) is 0 Å². The highest BCUT2D eigenvalue weighted by atomic mass is 79.9. The lowest BCUT2D eigenvalue weighted by molar-refractivity contribution is 0.00104. The number of hydrogen-bond acceptors (Lipinski definition) is 4. The van der Waals surface area contributed by atoms with Crippen LogP contribution in [0.3, 0.4) is 0 Å². The van der Waals surface area contributed by atoms with Crippen LogP contribution in [0.4, 0.5) is 5.95 Å². The van der Waals surface area contributed by atoms with Gasteiger partial charge in [0.25, 0.3) is 0 Å². The van der Waals surface area contributed by atoms with Gasteiger partial charge >= 0.3 is 0 Å². The van der Waals surface area contributed by atoms with E-state index in [9.17, 15) is 0 Å². The highest BCUT2D eigenvalue weighted by Crippen LogP contribution is 2.30. The average Bonchev–Trinajstić information content (AvgIpc) is 2.81. The van der Waals surface area contributed by atoms with Crippen molar-refractivity contribution in [3.05, 3.63) is 4.73 Å². The number of hydrogen-bond donors (Lipinski definition) is 0. The minimum atomic E-state index is 0.393. The average molecular weight is 287 g/mol. The lowest BCUT2D eigenvalue weighted by Crippen LogP contribution is -2.28. The fraction of sp³-hybridized carbons (Fsp3) is 0.800. The van der Waals surface area contributed by atoms with Gasteiger partial charge in [-0.15, -0.1) is 5.10 Å². The molecule has 0 spiro atoms. The molecule has 0 aromatic carbocycles. The maximum absolute atomic E-state index is 5.79. The van der Waals surface area contributed by atoms with Crippen LogP contribution in [0.25, 0.3) is 0 Å². The van der Waals surface area contributed by atoms with Crippen molar-refractivity contribution in [3.63, 3.8) is 0 Å². The Morgan fingerprint density at radius 2 is 2.31 bits per heavy atom. The van der Waals surface area contributed by atoms with Crippen LogP contribution in [-0.2, 0) is 11.8 Å². The molecule has 16 heavy (non-hydrogen) atoms. The summed E-state index contributed by atoms with van der Waals surface area (Å²) in [4.78, 5) is 6.67. The number of nitrogens with zero attached hydrogens (tertiary/aromatic N) is 4. The zero-order valence-corrected chi connectivity index (χ0v) is 10.9. The van der Waals surface area contributed by atoms with Gasteiger partial charge in [0.2, 0.25) is 10.7 Å². The van der Waals surface area contributed by atoms with Crippen LogP contribution in [0.2, 0.25) is 0 Å². The molecule has 0 bridgehead atoms. The highest BCUT2D eigenvalue weighted by Gasteiger charge is 2.37. The Labute approximate surface area is 103 Å². The molecule has 1 aromatic heterocycles. The standard InChI is InChI=1S/C10H15BrN4O/c1-14-10(12-9(11)13-14)15-5-7-3-2-4-16-8(7)6-15/h7-8H,2-6H2,1H3/t7-,8+/m0/s1. The molecule has 3 heterocycles. The van der Waals surface area contributed by atoms with Crippen LogP contribution < -0.4 is 4.90 Å². The minimum Gasteiger partial charge on any atom is -0.376 e. The smallest absolute Gasteiger partial charge is 0.224 e. The first kappa shape index (κ1) is 10.5. The van der Waals surface area contributed by atoms with E-state index in [1.807, 2.05) is 11.7 Å². The van der Waals surface area contributed by atoms with E-state index in [2.05, 4.69) is 30.9 Å². The first-order valence-corrected chi connectivity index (χ1v) is 6.46. The number of aryl methyl sites for hydroxylation is 1. The number of rotatable bonds is 1. The lowest BCUT2D eigenvalue weighted by atomic mass is 9.98. The Morgan fingerprint density at radius 1 is 1.44 bits per heavy atom. The zero-order valence-electron chi connectivity index (χ0n) is 9.27. The van der Waals surface area contributed by atoms with Gasteiger partial charge in [-0.3, -0.25) is 0 Å². The Balaban J connectivity index is 1.79. The lowest BCUT2D eigenvalue weighted by Gasteiger charge is -2.23. The summed E-state index contributed by atoms with van der Waals surface area (Å²) in [6.07, 6.45) is 2.86. The van der Waals surface area contributed by atoms with Gasteiger partial charge in [-0.2, -0.15) is 4.98 Å². The van der Waals surface area contributed by atoms with Crippen LogP contribution in [-0.4, -0.2) is 40.6 Å². The third kappa shape index (κ3) is 1.73. The molecule has 5 nitrogen and oxygen atoms in total. The van der Waals surface area contributed by atoms with Gasteiger partial charge in [-0.25, -0.2) is 4.68 Å². The third-order valence-electron chi connectivity index (χ3n) is 3.43. The van der Waals surface area contributed by atoms with Gasteiger partial charge in [0.05, 0.1) is 6.10 Å². The largest absolute Gasteiger partial charge is 0.376 e. The normalized spacial score (nSPS) is 29.5. The third-order valence-corrected chi connectivity index (χ3v) is 3.77. The van der Waals surface area contributed by atoms with E-state index >= 15 is 0 Å². The second kappa shape index (κ2) is 4.00. The highest BCUT2D eigenvalue weighted by molar-refractivity contribution is 9.10. The van der Waals surface area contributed by atoms with E-state index in [1.165, 1.54) is 12.8 Å². The summed E-state index contributed by atoms with van der Waals surface area (Å²) >= 11 is 3.31. The molecule has 2 atom stereocenters. The SMILES string of the molecule is Cn1nc(Br)nc1N1C[C@@H]2CCCO[C@@H]2C1.